The van der Waals surface area contributed by atoms with Crippen LogP contribution in [0.3, 0.4) is 0 Å². The van der Waals surface area contributed by atoms with Gasteiger partial charge in [0.1, 0.15) is 0 Å². The summed E-state index contributed by atoms with van der Waals surface area (Å²) in [5.41, 5.74) is 0. The Bertz CT molecular complexity index is 82.3. The molecule has 1 aliphatic rings. The van der Waals surface area contributed by atoms with Crippen LogP contribution >= 0.6 is 0 Å². The molecule has 0 aromatic heterocycles. The van der Waals surface area contributed by atoms with Crippen LogP contribution in [0.25, 0.3) is 0 Å². The third-order valence-electron chi connectivity index (χ3n) is 0.703. The Labute approximate surface area is 42.9 Å². The van der Waals surface area contributed by atoms with Crippen LogP contribution < -0.4 is 5.32 Å². The summed E-state index contributed by atoms with van der Waals surface area (Å²) < 4.78 is 0. The highest BCUT2D eigenvalue weighted by Crippen LogP contribution is 1.83. The predicted molar refractivity (Wildman–Crippen MR) is 29.7 cm³/mol. The lowest BCUT2D eigenvalue weighted by Gasteiger charge is -1.86. The van der Waals surface area contributed by atoms with Gasteiger partial charge in [0.2, 0.25) is 0 Å². The summed E-state index contributed by atoms with van der Waals surface area (Å²) in [6.45, 7) is 1.94. The molecule has 37 valence electrons. The highest BCUT2D eigenvalue weighted by Gasteiger charge is 1.80. The normalized spacial score (nSPS) is 18.3. The number of hydrogen-bond acceptors (Lipinski definition) is 2. The standard InChI is InChI=1S/C5H7N2/c1-2-6-4-5-7-3-1/h2-6H,1H2. The molecule has 0 atom stereocenters. The van der Waals surface area contributed by atoms with Crippen molar-refractivity contribution in [2.45, 2.75) is 6.42 Å². The van der Waals surface area contributed by atoms with Gasteiger partial charge < -0.3 is 5.32 Å². The van der Waals surface area contributed by atoms with E-state index in [9.17, 15) is 0 Å². The summed E-state index contributed by atoms with van der Waals surface area (Å²) in [4.78, 5) is 3.87. The molecule has 0 aromatic rings. The van der Waals surface area contributed by atoms with Crippen LogP contribution in [0, 0.1) is 6.54 Å². The zero-order chi connectivity index (χ0) is 4.95. The fourth-order valence-electron chi connectivity index (χ4n) is 0.397. The Morgan fingerprint density at radius 2 is 2.57 bits per heavy atom. The average molecular weight is 95.1 g/mol. The lowest BCUT2D eigenvalue weighted by atomic mass is 10.5. The molecule has 1 N–H and O–H groups in total. The van der Waals surface area contributed by atoms with Crippen molar-refractivity contribution in [3.63, 3.8) is 0 Å². The summed E-state index contributed by atoms with van der Waals surface area (Å²) in [6, 6.07) is 0. The van der Waals surface area contributed by atoms with Crippen molar-refractivity contribution in [3.8, 4) is 0 Å². The van der Waals surface area contributed by atoms with Crippen LogP contribution in [0.5, 0.6) is 0 Å². The van der Waals surface area contributed by atoms with Crippen LogP contribution in [0.4, 0.5) is 0 Å². The highest BCUT2D eigenvalue weighted by molar-refractivity contribution is 5.59. The van der Waals surface area contributed by atoms with E-state index in [2.05, 4.69) is 10.3 Å². The third-order valence-corrected chi connectivity index (χ3v) is 0.703. The number of rotatable bonds is 0. The smallest absolute Gasteiger partial charge is 0.0510 e. The zero-order valence-electron chi connectivity index (χ0n) is 3.96. The topological polar surface area (TPSA) is 24.4 Å². The second kappa shape index (κ2) is 2.39. The summed E-state index contributed by atoms with van der Waals surface area (Å²) in [6.07, 6.45) is 6.27. The summed E-state index contributed by atoms with van der Waals surface area (Å²) in [7, 11) is 0. The molecule has 0 spiro atoms. The van der Waals surface area contributed by atoms with Gasteiger partial charge >= 0.3 is 0 Å². The minimum Gasteiger partial charge on any atom is -0.384 e. The molecule has 2 heteroatoms. The lowest BCUT2D eigenvalue weighted by molar-refractivity contribution is 1.02. The van der Waals surface area contributed by atoms with Crippen molar-refractivity contribution in [1.82, 2.24) is 5.32 Å². The van der Waals surface area contributed by atoms with Gasteiger partial charge in [0.05, 0.1) is 6.54 Å². The Morgan fingerprint density at radius 1 is 1.57 bits per heavy atom. The van der Waals surface area contributed by atoms with Crippen molar-refractivity contribution in [3.05, 3.63) is 18.9 Å². The van der Waals surface area contributed by atoms with Gasteiger partial charge in [-0.2, -0.15) is 0 Å². The molecule has 0 saturated carbocycles. The van der Waals surface area contributed by atoms with Gasteiger partial charge in [-0.15, -0.1) is 0 Å². The maximum Gasteiger partial charge on any atom is 0.0510 e. The van der Waals surface area contributed by atoms with Gasteiger partial charge in [0, 0.05) is 25.0 Å². The molecule has 0 amide bonds. The largest absolute Gasteiger partial charge is 0.384 e. The molecule has 1 radical (unpaired) electrons. The first-order valence-electron chi connectivity index (χ1n) is 2.24. The number of nitrogens with one attached hydrogen (secondary N) is 1. The van der Waals surface area contributed by atoms with E-state index in [1.54, 1.807) is 12.4 Å². The van der Waals surface area contributed by atoms with E-state index in [-0.39, 0.29) is 0 Å². The van der Waals surface area contributed by atoms with Crippen molar-refractivity contribution in [2.75, 3.05) is 0 Å². The minimum atomic E-state index is 0.910. The third kappa shape index (κ3) is 1.39. The SMILES string of the molecule is [CH]1CC=NC=CN1. The van der Waals surface area contributed by atoms with Crippen molar-refractivity contribution < 1.29 is 0 Å². The second-order valence-electron chi connectivity index (χ2n) is 1.25. The fraction of sp³-hybridized carbons (Fsp3) is 0.200. The summed E-state index contributed by atoms with van der Waals surface area (Å²) in [5.74, 6) is 0. The first kappa shape index (κ1) is 4.37. The quantitative estimate of drug-likeness (QED) is 0.470. The van der Waals surface area contributed by atoms with E-state index in [1.165, 1.54) is 0 Å². The molecule has 0 aliphatic carbocycles. The van der Waals surface area contributed by atoms with Gasteiger partial charge in [-0.1, -0.05) is 0 Å². The number of aliphatic imine (C=N–C) groups is 1. The molecule has 1 heterocycles. The Hall–Kier alpha value is -0.790. The summed E-state index contributed by atoms with van der Waals surface area (Å²) in [5, 5.41) is 2.92. The van der Waals surface area contributed by atoms with Gasteiger partial charge in [-0.25, -0.2) is 0 Å². The molecule has 0 aromatic carbocycles. The molecular weight excluding hydrogens is 88.1 g/mol. The van der Waals surface area contributed by atoms with Gasteiger partial charge in [-0.05, 0) is 0 Å². The number of nitrogens with zero attached hydrogens (tertiary/aromatic N) is 1. The van der Waals surface area contributed by atoms with Crippen LogP contribution in [0.1, 0.15) is 6.42 Å². The molecule has 0 saturated heterocycles. The summed E-state index contributed by atoms with van der Waals surface area (Å²) >= 11 is 0. The molecular formula is C5H7N2. The van der Waals surface area contributed by atoms with Gasteiger partial charge in [-0.3, -0.25) is 4.99 Å². The maximum absolute atomic E-state index is 3.87. The van der Waals surface area contributed by atoms with E-state index in [0.29, 0.717) is 0 Å². The number of hydrogen-bond donors (Lipinski definition) is 1. The fourth-order valence-corrected chi connectivity index (χ4v) is 0.397. The van der Waals surface area contributed by atoms with E-state index >= 15 is 0 Å². The van der Waals surface area contributed by atoms with E-state index in [1.807, 2.05) is 12.8 Å². The first-order chi connectivity index (χ1) is 3.50. The zero-order valence-corrected chi connectivity index (χ0v) is 3.96. The van der Waals surface area contributed by atoms with Crippen molar-refractivity contribution in [2.24, 2.45) is 4.99 Å². The van der Waals surface area contributed by atoms with E-state index < -0.39 is 0 Å². The average Bonchev–Trinajstić information content (AvgIpc) is 1.90. The van der Waals surface area contributed by atoms with Crippen LogP contribution in [-0.2, 0) is 0 Å². The molecule has 0 unspecified atom stereocenters. The Morgan fingerprint density at radius 3 is 3.57 bits per heavy atom. The lowest BCUT2D eigenvalue weighted by Crippen LogP contribution is -1.96. The molecule has 1 rings (SSSR count). The van der Waals surface area contributed by atoms with Crippen LogP contribution in [0.2, 0.25) is 0 Å². The molecule has 0 fully saturated rings. The predicted octanol–water partition coefficient (Wildman–Crippen LogP) is 0.683. The van der Waals surface area contributed by atoms with Crippen molar-refractivity contribution in [1.29, 1.82) is 0 Å². The highest BCUT2D eigenvalue weighted by atomic mass is 14.9. The van der Waals surface area contributed by atoms with Crippen LogP contribution in [-0.4, -0.2) is 6.21 Å². The van der Waals surface area contributed by atoms with Gasteiger partial charge in [0.25, 0.3) is 0 Å². The van der Waals surface area contributed by atoms with Gasteiger partial charge in [0.15, 0.2) is 0 Å². The van der Waals surface area contributed by atoms with Crippen molar-refractivity contribution >= 4 is 6.21 Å². The first-order valence-corrected chi connectivity index (χ1v) is 2.24. The minimum absolute atomic E-state index is 0.910. The maximum atomic E-state index is 3.87. The molecule has 2 nitrogen and oxygen atoms in total. The monoisotopic (exact) mass is 95.1 g/mol. The van der Waals surface area contributed by atoms with Crippen LogP contribution in [0.15, 0.2) is 17.4 Å². The second-order valence-corrected chi connectivity index (χ2v) is 1.25. The Kier molecular flexibility index (Phi) is 1.50. The van der Waals surface area contributed by atoms with E-state index in [0.717, 1.165) is 6.42 Å². The molecule has 0 bridgehead atoms. The van der Waals surface area contributed by atoms with E-state index in [4.69, 9.17) is 0 Å². The molecule has 1 aliphatic heterocycles. The Balaban J connectivity index is 2.39. The molecule has 7 heavy (non-hydrogen) atoms.